The molecule has 5 nitrogen and oxygen atoms in total. The fourth-order valence-corrected chi connectivity index (χ4v) is 3.39. The van der Waals surface area contributed by atoms with E-state index < -0.39 is 5.82 Å². The van der Waals surface area contributed by atoms with Gasteiger partial charge >= 0.3 is 0 Å². The van der Waals surface area contributed by atoms with Crippen molar-refractivity contribution in [1.82, 2.24) is 9.78 Å². The second-order valence-electron chi connectivity index (χ2n) is 6.46. The monoisotopic (exact) mass is 365 g/mol. The molecule has 0 atom stereocenters. The molecular weight excluding hydrogens is 345 g/mol. The number of benzene rings is 2. The number of hydrogen-bond donors (Lipinski definition) is 0. The molecule has 1 aromatic heterocycles. The van der Waals surface area contributed by atoms with Crippen molar-refractivity contribution in [2.75, 3.05) is 11.4 Å². The summed E-state index contributed by atoms with van der Waals surface area (Å²) in [7, 11) is 0. The molecule has 1 aliphatic rings. The number of ether oxygens (including phenoxy) is 1. The molecule has 4 rings (SSSR count). The minimum Gasteiger partial charge on any atom is -0.488 e. The number of carbonyl (C=O) groups is 1. The number of amides is 1. The minimum atomic E-state index is -0.402. The van der Waals surface area contributed by atoms with Gasteiger partial charge in [0.1, 0.15) is 24.7 Å². The first-order valence-electron chi connectivity index (χ1n) is 9.00. The lowest BCUT2D eigenvalue weighted by Crippen LogP contribution is -2.35. The Morgan fingerprint density at radius 2 is 2.00 bits per heavy atom. The summed E-state index contributed by atoms with van der Waals surface area (Å²) in [6.07, 6.45) is 2.46. The molecular formula is C21H20FN3O2. The van der Waals surface area contributed by atoms with Gasteiger partial charge in [-0.05, 0) is 30.7 Å². The normalized spacial score (nSPS) is 12.1. The molecule has 0 saturated carbocycles. The van der Waals surface area contributed by atoms with Crippen LogP contribution in [-0.2, 0) is 17.9 Å². The minimum absolute atomic E-state index is 0.0397. The largest absolute Gasteiger partial charge is 0.488 e. The summed E-state index contributed by atoms with van der Waals surface area (Å²) >= 11 is 0. The van der Waals surface area contributed by atoms with Gasteiger partial charge in [-0.1, -0.05) is 31.2 Å². The fourth-order valence-electron chi connectivity index (χ4n) is 3.39. The summed E-state index contributed by atoms with van der Waals surface area (Å²) in [4.78, 5) is 14.5. The number of nitrogens with zero attached hydrogens (tertiary/aromatic N) is 3. The highest BCUT2D eigenvalue weighted by Crippen LogP contribution is 2.37. The molecule has 6 heteroatoms. The summed E-state index contributed by atoms with van der Waals surface area (Å²) < 4.78 is 21.7. The van der Waals surface area contributed by atoms with Gasteiger partial charge in [0, 0.05) is 17.7 Å². The maximum Gasteiger partial charge on any atom is 0.248 e. The zero-order chi connectivity index (χ0) is 18.8. The smallest absolute Gasteiger partial charge is 0.248 e. The number of aromatic nitrogens is 2. The molecule has 1 aliphatic heterocycles. The average molecular weight is 365 g/mol. The van der Waals surface area contributed by atoms with E-state index in [2.05, 4.69) is 5.10 Å². The van der Waals surface area contributed by atoms with E-state index in [9.17, 15) is 9.18 Å². The van der Waals surface area contributed by atoms with Crippen LogP contribution in [0, 0.1) is 5.82 Å². The van der Waals surface area contributed by atoms with Crippen LogP contribution in [0.2, 0.25) is 0 Å². The Morgan fingerprint density at radius 1 is 1.22 bits per heavy atom. The summed E-state index contributed by atoms with van der Waals surface area (Å²) in [6, 6.07) is 14.1. The number of fused-ring (bicyclic) bond motifs is 3. The first-order chi connectivity index (χ1) is 13.2. The standard InChI is InChI=1S/C21H20FN3O2/c1-2-11-24(18-9-5-4-8-17(18)22)20(26)13-25-21-15(12-23-25)14-27-19-10-6-3-7-16(19)21/h3-10,12H,2,11,13-14H2,1H3. The summed E-state index contributed by atoms with van der Waals surface area (Å²) in [5.74, 6) is 0.177. The van der Waals surface area contributed by atoms with Crippen LogP contribution in [0.1, 0.15) is 18.9 Å². The van der Waals surface area contributed by atoms with E-state index in [4.69, 9.17) is 4.74 Å². The molecule has 27 heavy (non-hydrogen) atoms. The Hall–Kier alpha value is -3.15. The van der Waals surface area contributed by atoms with Crippen molar-refractivity contribution in [3.8, 4) is 17.0 Å². The van der Waals surface area contributed by atoms with E-state index in [1.54, 1.807) is 29.1 Å². The van der Waals surface area contributed by atoms with Gasteiger partial charge in [-0.2, -0.15) is 5.10 Å². The molecule has 0 unspecified atom stereocenters. The number of halogens is 1. The summed E-state index contributed by atoms with van der Waals surface area (Å²) in [6.45, 7) is 2.87. The molecule has 1 amide bonds. The second-order valence-corrected chi connectivity index (χ2v) is 6.46. The van der Waals surface area contributed by atoms with Crippen molar-refractivity contribution in [3.63, 3.8) is 0 Å². The van der Waals surface area contributed by atoms with Crippen LogP contribution in [0.4, 0.5) is 10.1 Å². The third kappa shape index (κ3) is 3.18. The second kappa shape index (κ2) is 7.23. The third-order valence-corrected chi connectivity index (χ3v) is 4.62. The number of carbonyl (C=O) groups excluding carboxylic acids is 1. The summed E-state index contributed by atoms with van der Waals surface area (Å²) in [5.41, 5.74) is 3.04. The maximum atomic E-state index is 14.2. The first-order valence-corrected chi connectivity index (χ1v) is 9.00. The maximum absolute atomic E-state index is 14.2. The van der Waals surface area contributed by atoms with E-state index in [0.29, 0.717) is 18.8 Å². The van der Waals surface area contributed by atoms with Gasteiger partial charge < -0.3 is 9.64 Å². The quantitative estimate of drug-likeness (QED) is 0.686. The molecule has 0 N–H and O–H groups in total. The Balaban J connectivity index is 1.66. The van der Waals surface area contributed by atoms with Gasteiger partial charge in [-0.3, -0.25) is 9.48 Å². The predicted octanol–water partition coefficient (Wildman–Crippen LogP) is 4.02. The summed E-state index contributed by atoms with van der Waals surface area (Å²) in [5, 5.41) is 4.39. The van der Waals surface area contributed by atoms with Crippen molar-refractivity contribution in [2.24, 2.45) is 0 Å². The Bertz CT molecular complexity index is 983. The van der Waals surface area contributed by atoms with Crippen LogP contribution >= 0.6 is 0 Å². The molecule has 0 fully saturated rings. The van der Waals surface area contributed by atoms with Crippen LogP contribution in [0.15, 0.2) is 54.7 Å². The highest BCUT2D eigenvalue weighted by atomic mass is 19.1. The van der Waals surface area contributed by atoms with Gasteiger partial charge in [0.05, 0.1) is 17.6 Å². The molecule has 0 radical (unpaired) electrons. The van der Waals surface area contributed by atoms with Crippen LogP contribution < -0.4 is 9.64 Å². The van der Waals surface area contributed by atoms with Crippen molar-refractivity contribution < 1.29 is 13.9 Å². The van der Waals surface area contributed by atoms with E-state index in [1.165, 1.54) is 11.0 Å². The third-order valence-electron chi connectivity index (χ3n) is 4.62. The zero-order valence-electron chi connectivity index (χ0n) is 15.1. The lowest BCUT2D eigenvalue weighted by atomic mass is 10.0. The molecule has 0 bridgehead atoms. The Kier molecular flexibility index (Phi) is 4.62. The van der Waals surface area contributed by atoms with Crippen LogP contribution in [0.25, 0.3) is 11.3 Å². The van der Waals surface area contributed by atoms with E-state index in [0.717, 1.165) is 29.0 Å². The van der Waals surface area contributed by atoms with Crippen LogP contribution in [0.5, 0.6) is 5.75 Å². The molecule has 0 saturated heterocycles. The number of anilines is 1. The Morgan fingerprint density at radius 3 is 2.81 bits per heavy atom. The lowest BCUT2D eigenvalue weighted by Gasteiger charge is -2.24. The molecule has 0 aliphatic carbocycles. The predicted molar refractivity (Wildman–Crippen MR) is 101 cm³/mol. The van der Waals surface area contributed by atoms with Crippen molar-refractivity contribution >= 4 is 11.6 Å². The van der Waals surface area contributed by atoms with Gasteiger partial charge in [0.2, 0.25) is 5.91 Å². The van der Waals surface area contributed by atoms with Gasteiger partial charge in [0.25, 0.3) is 0 Å². The SMILES string of the molecule is CCCN(C(=O)Cn1ncc2c1-c1ccccc1OC2)c1ccccc1F. The molecule has 138 valence electrons. The van der Waals surface area contributed by atoms with E-state index >= 15 is 0 Å². The fraction of sp³-hybridized carbons (Fsp3) is 0.238. The molecule has 3 aromatic rings. The molecule has 0 spiro atoms. The number of rotatable bonds is 5. The topological polar surface area (TPSA) is 47.4 Å². The van der Waals surface area contributed by atoms with Crippen LogP contribution in [-0.4, -0.2) is 22.2 Å². The van der Waals surface area contributed by atoms with Gasteiger partial charge in [0.15, 0.2) is 0 Å². The van der Waals surface area contributed by atoms with Crippen molar-refractivity contribution in [2.45, 2.75) is 26.5 Å². The van der Waals surface area contributed by atoms with E-state index in [1.807, 2.05) is 31.2 Å². The molecule has 2 aromatic carbocycles. The van der Waals surface area contributed by atoms with Gasteiger partial charge in [-0.25, -0.2) is 4.39 Å². The average Bonchev–Trinajstić information content (AvgIpc) is 3.10. The van der Waals surface area contributed by atoms with E-state index in [-0.39, 0.29) is 12.5 Å². The number of hydrogen-bond acceptors (Lipinski definition) is 3. The lowest BCUT2D eigenvalue weighted by molar-refractivity contribution is -0.119. The van der Waals surface area contributed by atoms with Crippen molar-refractivity contribution in [3.05, 3.63) is 66.1 Å². The Labute approximate surface area is 157 Å². The molecule has 2 heterocycles. The number of para-hydroxylation sites is 2. The first kappa shape index (κ1) is 17.3. The van der Waals surface area contributed by atoms with Gasteiger partial charge in [-0.15, -0.1) is 0 Å². The highest BCUT2D eigenvalue weighted by molar-refractivity contribution is 5.93. The van der Waals surface area contributed by atoms with Crippen LogP contribution in [0.3, 0.4) is 0 Å². The van der Waals surface area contributed by atoms with Crippen molar-refractivity contribution in [1.29, 1.82) is 0 Å². The highest BCUT2D eigenvalue weighted by Gasteiger charge is 2.25. The zero-order valence-corrected chi connectivity index (χ0v) is 15.1.